The van der Waals surface area contributed by atoms with Crippen LogP contribution in [0.3, 0.4) is 0 Å². The summed E-state index contributed by atoms with van der Waals surface area (Å²) in [7, 11) is -1.27. The molecular weight excluding hydrogens is 160 g/mol. The molecule has 0 saturated carbocycles. The molecule has 0 spiro atoms. The smallest absolute Gasteiger partial charge is 0.438 e. The van der Waals surface area contributed by atoms with E-state index in [1.165, 1.54) is 0 Å². The van der Waals surface area contributed by atoms with E-state index in [1.807, 2.05) is 0 Å². The van der Waals surface area contributed by atoms with E-state index in [1.54, 1.807) is 6.92 Å². The minimum absolute atomic E-state index is 0.379. The van der Waals surface area contributed by atoms with Crippen LogP contribution in [0.1, 0.15) is 6.92 Å². The summed E-state index contributed by atoms with van der Waals surface area (Å²) >= 11 is 0. The van der Waals surface area contributed by atoms with E-state index in [9.17, 15) is 4.79 Å². The highest BCUT2D eigenvalue weighted by Crippen LogP contribution is 2.01. The van der Waals surface area contributed by atoms with Gasteiger partial charge in [0.25, 0.3) is 0 Å². The molecule has 0 aromatic heterocycles. The zero-order chi connectivity index (χ0) is 8.91. The number of hydrogen-bond acceptors (Lipinski definition) is 3. The summed E-state index contributed by atoms with van der Waals surface area (Å²) in [5, 5.41) is 0. The fraction of sp³-hybridized carbons (Fsp3) is 0.857. The summed E-state index contributed by atoms with van der Waals surface area (Å²) in [6, 6.07) is 0. The topological polar surface area (TPSA) is 35.5 Å². The van der Waals surface area contributed by atoms with E-state index >= 15 is 0 Å². The predicted octanol–water partition coefficient (Wildman–Crippen LogP) is 2.04. The number of carbonyl (C=O) groups is 1. The van der Waals surface area contributed by atoms with Gasteiger partial charge in [0.1, 0.15) is 0 Å². The summed E-state index contributed by atoms with van der Waals surface area (Å²) in [4.78, 5) is 10.7. The average Bonchev–Trinajstić information content (AvgIpc) is 1.83. The van der Waals surface area contributed by atoms with Gasteiger partial charge in [0.2, 0.25) is 0 Å². The van der Waals surface area contributed by atoms with Crippen LogP contribution in [0.25, 0.3) is 0 Å². The largest absolute Gasteiger partial charge is 0.507 e. The lowest BCUT2D eigenvalue weighted by Gasteiger charge is -2.14. The van der Waals surface area contributed by atoms with Crippen molar-refractivity contribution >= 4 is 14.2 Å². The molecule has 4 heteroatoms. The molecule has 0 rings (SSSR count). The molecule has 0 N–H and O–H groups in total. The molecule has 0 aliphatic heterocycles. The maximum Gasteiger partial charge on any atom is 0.507 e. The van der Waals surface area contributed by atoms with Gasteiger partial charge in [-0.15, -0.1) is 0 Å². The number of carbonyl (C=O) groups excluding carboxylic acids is 1. The normalized spacial score (nSPS) is 10.9. The number of ether oxygens (including phenoxy) is 2. The maximum atomic E-state index is 10.7. The van der Waals surface area contributed by atoms with Gasteiger partial charge in [0.05, 0.1) is 20.9 Å². The van der Waals surface area contributed by atoms with E-state index in [0.29, 0.717) is 12.8 Å². The Morgan fingerprint density at radius 2 is 1.82 bits per heavy atom. The van der Waals surface area contributed by atoms with Gasteiger partial charge in [0, 0.05) is 0 Å². The first-order valence-corrected chi connectivity index (χ1v) is 7.46. The molecule has 0 aromatic carbocycles. The van der Waals surface area contributed by atoms with E-state index in [0.717, 1.165) is 0 Å². The second-order valence-electron chi connectivity index (χ2n) is 3.53. The van der Waals surface area contributed by atoms with Gasteiger partial charge in [-0.3, -0.25) is 0 Å². The van der Waals surface area contributed by atoms with E-state index in [4.69, 9.17) is 4.74 Å². The third-order valence-electron chi connectivity index (χ3n) is 0.885. The molecule has 0 amide bonds. The first kappa shape index (κ1) is 10.5. The highest BCUT2D eigenvalue weighted by Gasteiger charge is 2.16. The van der Waals surface area contributed by atoms with Crippen LogP contribution < -0.4 is 0 Å². The van der Waals surface area contributed by atoms with Crippen molar-refractivity contribution in [1.82, 2.24) is 0 Å². The van der Waals surface area contributed by atoms with Gasteiger partial charge < -0.3 is 9.47 Å². The zero-order valence-electron chi connectivity index (χ0n) is 7.64. The van der Waals surface area contributed by atoms with Crippen LogP contribution in [0.5, 0.6) is 0 Å². The van der Waals surface area contributed by atoms with Gasteiger partial charge in [-0.2, -0.15) is 0 Å². The third-order valence-corrected chi connectivity index (χ3v) is 1.90. The van der Waals surface area contributed by atoms with Crippen molar-refractivity contribution in [3.8, 4) is 0 Å². The van der Waals surface area contributed by atoms with Crippen LogP contribution in [-0.2, 0) is 9.47 Å². The summed E-state index contributed by atoms with van der Waals surface area (Å²) in [5.41, 5.74) is 0. The second-order valence-corrected chi connectivity index (χ2v) is 8.94. The van der Waals surface area contributed by atoms with Crippen molar-refractivity contribution in [2.24, 2.45) is 0 Å². The zero-order valence-corrected chi connectivity index (χ0v) is 8.64. The van der Waals surface area contributed by atoms with Gasteiger partial charge in [-0.25, -0.2) is 4.79 Å². The van der Waals surface area contributed by atoms with Crippen molar-refractivity contribution < 1.29 is 14.3 Å². The number of rotatable bonds is 3. The first-order valence-electron chi connectivity index (χ1n) is 3.75. The Kier molecular flexibility index (Phi) is 4.18. The van der Waals surface area contributed by atoms with Crippen LogP contribution >= 0.6 is 0 Å². The highest BCUT2D eigenvalue weighted by molar-refractivity contribution is 6.76. The molecule has 0 heterocycles. The van der Waals surface area contributed by atoms with Crippen molar-refractivity contribution in [3.63, 3.8) is 0 Å². The standard InChI is InChI=1S/C7H16O3Si/c1-5-9-7(8)10-6-11(2,3)4/h5-6H2,1-4H3. The Labute approximate surface area is 68.7 Å². The molecule has 0 saturated heterocycles. The van der Waals surface area contributed by atoms with Gasteiger partial charge in [-0.05, 0) is 6.92 Å². The first-order chi connectivity index (χ1) is 4.95. The van der Waals surface area contributed by atoms with Crippen molar-refractivity contribution in [1.29, 1.82) is 0 Å². The molecule has 0 unspecified atom stereocenters. The molecule has 3 nitrogen and oxygen atoms in total. The Morgan fingerprint density at radius 1 is 1.27 bits per heavy atom. The third kappa shape index (κ3) is 7.38. The molecule has 0 atom stereocenters. The minimum Gasteiger partial charge on any atom is -0.438 e. The SMILES string of the molecule is CCOC(=O)OC[Si](C)(C)C. The lowest BCUT2D eigenvalue weighted by Crippen LogP contribution is -2.30. The highest BCUT2D eigenvalue weighted by atomic mass is 28.3. The van der Waals surface area contributed by atoms with Crippen molar-refractivity contribution in [2.75, 3.05) is 12.8 Å². The van der Waals surface area contributed by atoms with Gasteiger partial charge in [-0.1, -0.05) is 19.6 Å². The molecule has 66 valence electrons. The predicted molar refractivity (Wildman–Crippen MR) is 46.3 cm³/mol. The second kappa shape index (κ2) is 4.38. The van der Waals surface area contributed by atoms with E-state index in [-0.39, 0.29) is 0 Å². The minimum atomic E-state index is -1.27. The fourth-order valence-electron chi connectivity index (χ4n) is 0.435. The fourth-order valence-corrected chi connectivity index (χ4v) is 0.986. The van der Waals surface area contributed by atoms with Crippen molar-refractivity contribution in [3.05, 3.63) is 0 Å². The molecule has 0 aliphatic carbocycles. The summed E-state index contributed by atoms with van der Waals surface area (Å²) in [5.74, 6) is 0. The van der Waals surface area contributed by atoms with Gasteiger partial charge in [0.15, 0.2) is 0 Å². The maximum absolute atomic E-state index is 10.7. The molecule has 0 fully saturated rings. The molecular formula is C7H16O3Si. The van der Waals surface area contributed by atoms with E-state index in [2.05, 4.69) is 24.4 Å². The lowest BCUT2D eigenvalue weighted by atomic mass is 10.9. The molecule has 0 bridgehead atoms. The summed E-state index contributed by atoms with van der Waals surface area (Å²) < 4.78 is 9.45. The summed E-state index contributed by atoms with van der Waals surface area (Å²) in [6.07, 6.45) is -0.0128. The van der Waals surface area contributed by atoms with Gasteiger partial charge >= 0.3 is 6.16 Å². The quantitative estimate of drug-likeness (QED) is 0.487. The Bertz CT molecular complexity index is 128. The van der Waals surface area contributed by atoms with Crippen LogP contribution in [0.15, 0.2) is 0 Å². The Morgan fingerprint density at radius 3 is 2.18 bits per heavy atom. The molecule has 0 aliphatic rings. The van der Waals surface area contributed by atoms with Crippen molar-refractivity contribution in [2.45, 2.75) is 26.6 Å². The number of hydrogen-bond donors (Lipinski definition) is 0. The molecule has 0 radical (unpaired) electrons. The van der Waals surface area contributed by atoms with Crippen LogP contribution in [0, 0.1) is 0 Å². The van der Waals surface area contributed by atoms with Crippen LogP contribution in [0.2, 0.25) is 19.6 Å². The molecule has 11 heavy (non-hydrogen) atoms. The lowest BCUT2D eigenvalue weighted by molar-refractivity contribution is 0.0703. The Balaban J connectivity index is 3.46. The average molecular weight is 176 g/mol. The monoisotopic (exact) mass is 176 g/mol. The Hall–Kier alpha value is -0.513. The van der Waals surface area contributed by atoms with Crippen LogP contribution in [0.4, 0.5) is 4.79 Å². The molecule has 0 aromatic rings. The van der Waals surface area contributed by atoms with E-state index < -0.39 is 14.2 Å². The summed E-state index contributed by atoms with van der Waals surface area (Å²) in [6.45, 7) is 8.53. The van der Waals surface area contributed by atoms with Crippen LogP contribution in [-0.4, -0.2) is 27.1 Å².